The Balaban J connectivity index is 1.69. The van der Waals surface area contributed by atoms with Crippen molar-refractivity contribution in [1.29, 1.82) is 0 Å². The number of aromatic nitrogens is 5. The van der Waals surface area contributed by atoms with Gasteiger partial charge in [-0.3, -0.25) is 10.1 Å². The summed E-state index contributed by atoms with van der Waals surface area (Å²) < 4.78 is 26.4. The van der Waals surface area contributed by atoms with E-state index in [1.54, 1.807) is 36.7 Å². The number of amides is 1. The summed E-state index contributed by atoms with van der Waals surface area (Å²) in [6.45, 7) is 0.353. The van der Waals surface area contributed by atoms with Crippen LogP contribution >= 0.6 is 0 Å². The van der Waals surface area contributed by atoms with E-state index in [2.05, 4.69) is 36.0 Å². The molecule has 1 amide bonds. The van der Waals surface area contributed by atoms with Gasteiger partial charge in [-0.25, -0.2) is 4.98 Å². The van der Waals surface area contributed by atoms with Crippen LogP contribution < -0.4 is 30.2 Å². The number of methoxy groups -OCH3 is 4. The van der Waals surface area contributed by atoms with Gasteiger partial charge < -0.3 is 49.4 Å². The van der Waals surface area contributed by atoms with Crippen LogP contribution in [0.1, 0.15) is 21.9 Å². The van der Waals surface area contributed by atoms with Gasteiger partial charge in [-0.05, 0) is 18.2 Å². The third-order valence-electron chi connectivity index (χ3n) is 5.58. The molecule has 0 saturated carbocycles. The molecule has 6 N–H and O–H groups in total. The molecule has 0 saturated heterocycles. The van der Waals surface area contributed by atoms with Crippen LogP contribution in [0.25, 0.3) is 11.4 Å². The molecule has 4 rings (SSSR count). The summed E-state index contributed by atoms with van der Waals surface area (Å²) in [6.07, 6.45) is -2.07. The van der Waals surface area contributed by atoms with E-state index >= 15 is 0 Å². The Hall–Kier alpha value is -5.10. The van der Waals surface area contributed by atoms with Gasteiger partial charge in [0.15, 0.2) is 23.1 Å². The standard InChI is InChI=1S/C25H28N8O9/c1-38-12-19-29-22(33-42-19)15-7-8-26-23(21(15)41-4)28-16-10-18(31-32-20(16)24(34)30-25(35,36)37)27-11-13-5-6-14(39-2)9-17(13)40-3/h5-10,35-37H,11-12H2,1-4H3,(H,30,34)(H2,26,27,28,31). The highest BCUT2D eigenvalue weighted by atomic mass is 16.7. The summed E-state index contributed by atoms with van der Waals surface area (Å²) in [5.41, 5.74) is 0.762. The van der Waals surface area contributed by atoms with Gasteiger partial charge in [0.2, 0.25) is 5.82 Å². The first-order chi connectivity index (χ1) is 20.1. The van der Waals surface area contributed by atoms with Gasteiger partial charge in [-0.1, -0.05) is 5.16 Å². The van der Waals surface area contributed by atoms with E-state index in [-0.39, 0.29) is 47.9 Å². The first-order valence-corrected chi connectivity index (χ1v) is 12.1. The van der Waals surface area contributed by atoms with Crippen molar-refractivity contribution >= 4 is 23.2 Å². The van der Waals surface area contributed by atoms with E-state index in [0.717, 1.165) is 5.56 Å². The number of nitrogens with zero attached hydrogens (tertiary/aromatic N) is 5. The second-order valence-electron chi connectivity index (χ2n) is 8.42. The molecule has 42 heavy (non-hydrogen) atoms. The van der Waals surface area contributed by atoms with Crippen molar-refractivity contribution in [2.24, 2.45) is 0 Å². The number of ether oxygens (including phenoxy) is 4. The summed E-state index contributed by atoms with van der Waals surface area (Å²) in [5.74, 6) is 0.954. The molecule has 0 aliphatic carbocycles. The lowest BCUT2D eigenvalue weighted by molar-refractivity contribution is -0.323. The fraction of sp³-hybridized carbons (Fsp3) is 0.280. The first-order valence-electron chi connectivity index (χ1n) is 12.1. The number of anilines is 3. The third-order valence-corrected chi connectivity index (χ3v) is 5.58. The Kier molecular flexibility index (Phi) is 9.28. The molecule has 222 valence electrons. The van der Waals surface area contributed by atoms with Gasteiger partial charge in [-0.15, -0.1) is 10.2 Å². The highest BCUT2D eigenvalue weighted by Crippen LogP contribution is 2.36. The molecule has 0 atom stereocenters. The van der Waals surface area contributed by atoms with E-state index < -0.39 is 17.7 Å². The summed E-state index contributed by atoms with van der Waals surface area (Å²) in [6, 6.07) is 8.31. The Morgan fingerprint density at radius 3 is 2.52 bits per heavy atom. The Morgan fingerprint density at radius 2 is 1.83 bits per heavy atom. The van der Waals surface area contributed by atoms with Gasteiger partial charge in [-0.2, -0.15) is 4.98 Å². The lowest BCUT2D eigenvalue weighted by atomic mass is 10.2. The number of aliphatic hydroxyl groups is 3. The number of hydrogen-bond acceptors (Lipinski definition) is 16. The number of carbonyl (C=O) groups is 1. The smallest absolute Gasteiger partial charge is 0.369 e. The van der Waals surface area contributed by atoms with Crippen molar-refractivity contribution in [3.05, 3.63) is 53.7 Å². The highest BCUT2D eigenvalue weighted by Gasteiger charge is 2.27. The maximum Gasteiger partial charge on any atom is 0.369 e. The maximum atomic E-state index is 12.7. The van der Waals surface area contributed by atoms with Crippen LogP contribution in [-0.2, 0) is 17.9 Å². The predicted molar refractivity (Wildman–Crippen MR) is 144 cm³/mol. The summed E-state index contributed by atoms with van der Waals surface area (Å²) in [5, 5.41) is 47.3. The minimum atomic E-state index is -3.51. The van der Waals surface area contributed by atoms with Crippen LogP contribution in [0.4, 0.5) is 17.3 Å². The molecule has 0 unspecified atom stereocenters. The van der Waals surface area contributed by atoms with Crippen molar-refractivity contribution in [2.45, 2.75) is 19.2 Å². The van der Waals surface area contributed by atoms with Crippen LogP contribution in [-0.4, -0.2) is 81.1 Å². The molecule has 0 spiro atoms. The number of hydrogen-bond donors (Lipinski definition) is 6. The lowest BCUT2D eigenvalue weighted by Gasteiger charge is -2.18. The Labute approximate surface area is 238 Å². The zero-order valence-corrected chi connectivity index (χ0v) is 22.9. The average molecular weight is 585 g/mol. The van der Waals surface area contributed by atoms with Crippen molar-refractivity contribution in [2.75, 3.05) is 39.1 Å². The minimum Gasteiger partial charge on any atom is -0.497 e. The van der Waals surface area contributed by atoms with Crippen LogP contribution in [0, 0.1) is 0 Å². The zero-order chi connectivity index (χ0) is 30.3. The molecular formula is C25H28N8O9. The molecule has 3 heterocycles. The molecule has 1 aromatic carbocycles. The molecule has 0 radical (unpaired) electrons. The maximum absolute atomic E-state index is 12.7. The van der Waals surface area contributed by atoms with Gasteiger partial charge in [0, 0.05) is 37.5 Å². The second-order valence-corrected chi connectivity index (χ2v) is 8.42. The monoisotopic (exact) mass is 584 g/mol. The number of benzene rings is 1. The molecule has 17 heteroatoms. The van der Waals surface area contributed by atoms with Crippen molar-refractivity contribution < 1.29 is 43.6 Å². The topological polar surface area (TPSA) is 228 Å². The quantitative estimate of drug-likeness (QED) is 0.119. The van der Waals surface area contributed by atoms with Crippen molar-refractivity contribution in [3.8, 4) is 28.6 Å². The molecule has 0 bridgehead atoms. The fourth-order valence-corrected chi connectivity index (χ4v) is 3.73. The lowest BCUT2D eigenvalue weighted by Crippen LogP contribution is -2.48. The summed E-state index contributed by atoms with van der Waals surface area (Å²) >= 11 is 0. The summed E-state index contributed by atoms with van der Waals surface area (Å²) in [4.78, 5) is 21.3. The minimum absolute atomic E-state index is 0.00656. The van der Waals surface area contributed by atoms with Crippen LogP contribution in [0.5, 0.6) is 17.2 Å². The van der Waals surface area contributed by atoms with Gasteiger partial charge in [0.25, 0.3) is 11.8 Å². The zero-order valence-electron chi connectivity index (χ0n) is 22.9. The van der Waals surface area contributed by atoms with E-state index in [9.17, 15) is 20.1 Å². The number of rotatable bonds is 13. The van der Waals surface area contributed by atoms with Gasteiger partial charge >= 0.3 is 6.10 Å². The molecule has 0 aliphatic heterocycles. The molecule has 3 aromatic heterocycles. The fourth-order valence-electron chi connectivity index (χ4n) is 3.73. The predicted octanol–water partition coefficient (Wildman–Crippen LogP) is 0.767. The van der Waals surface area contributed by atoms with E-state index in [0.29, 0.717) is 17.1 Å². The van der Waals surface area contributed by atoms with E-state index in [1.165, 1.54) is 33.6 Å². The van der Waals surface area contributed by atoms with Crippen molar-refractivity contribution in [3.63, 3.8) is 0 Å². The van der Waals surface area contributed by atoms with Gasteiger partial charge in [0.1, 0.15) is 18.1 Å². The molecule has 17 nitrogen and oxygen atoms in total. The number of carbonyl (C=O) groups excluding carboxylic acids is 1. The first kappa shape index (κ1) is 29.9. The number of nitrogens with one attached hydrogen (secondary N) is 3. The molecule has 0 aliphatic rings. The largest absolute Gasteiger partial charge is 0.497 e. The molecular weight excluding hydrogens is 556 g/mol. The highest BCUT2D eigenvalue weighted by molar-refractivity contribution is 5.99. The van der Waals surface area contributed by atoms with Crippen LogP contribution in [0.15, 0.2) is 41.1 Å². The second kappa shape index (κ2) is 13.0. The normalized spacial score (nSPS) is 11.1. The Bertz CT molecular complexity index is 1540. The van der Waals surface area contributed by atoms with E-state index in [1.807, 2.05) is 0 Å². The number of pyridine rings is 1. The van der Waals surface area contributed by atoms with Crippen molar-refractivity contribution in [1.82, 2.24) is 30.6 Å². The average Bonchev–Trinajstić information content (AvgIpc) is 3.43. The third kappa shape index (κ3) is 7.15. The summed E-state index contributed by atoms with van der Waals surface area (Å²) in [7, 11) is 5.95. The van der Waals surface area contributed by atoms with E-state index in [4.69, 9.17) is 23.5 Å². The van der Waals surface area contributed by atoms with Crippen LogP contribution in [0.2, 0.25) is 0 Å². The molecule has 0 fully saturated rings. The SMILES string of the molecule is COCc1nc(-c2ccnc(Nc3cc(NCc4ccc(OC)cc4OC)nnc3C(=O)NC(O)(O)O)c2OC)no1. The van der Waals surface area contributed by atoms with Gasteiger partial charge in [0.05, 0.1) is 32.6 Å². The molecule has 4 aromatic rings. The van der Waals surface area contributed by atoms with Crippen LogP contribution in [0.3, 0.4) is 0 Å². The Morgan fingerprint density at radius 1 is 1.02 bits per heavy atom.